The van der Waals surface area contributed by atoms with Crippen LogP contribution in [0.15, 0.2) is 24.3 Å². The summed E-state index contributed by atoms with van der Waals surface area (Å²) in [4.78, 5) is 12.5. The lowest BCUT2D eigenvalue weighted by atomic mass is 10.0. The van der Waals surface area contributed by atoms with Gasteiger partial charge in [0.05, 0.1) is 31.3 Å². The van der Waals surface area contributed by atoms with Gasteiger partial charge in [0.2, 0.25) is 5.91 Å². The minimum atomic E-state index is -0.747. The molecule has 0 rings (SSSR count). The van der Waals surface area contributed by atoms with Crippen LogP contribution in [0.2, 0.25) is 0 Å². The van der Waals surface area contributed by atoms with Gasteiger partial charge in [-0.15, -0.1) is 0 Å². The number of hydrogen-bond acceptors (Lipinski definition) is 4. The fourth-order valence-electron chi connectivity index (χ4n) is 9.50. The topological polar surface area (TPSA) is 89.8 Å². The Labute approximate surface area is 407 Å². The number of unbranched alkanes of at least 4 members (excludes halogenated alkanes) is 42. The Hall–Kier alpha value is -1.17. The van der Waals surface area contributed by atoms with Gasteiger partial charge in [-0.25, -0.2) is 0 Å². The van der Waals surface area contributed by atoms with Gasteiger partial charge in [0.25, 0.3) is 0 Å². The highest BCUT2D eigenvalue weighted by molar-refractivity contribution is 5.76. The quantitative estimate of drug-likeness (QED) is 0.0361. The van der Waals surface area contributed by atoms with E-state index in [1.165, 1.54) is 263 Å². The highest BCUT2D eigenvalue weighted by Gasteiger charge is 2.21. The van der Waals surface area contributed by atoms with Gasteiger partial charge in [-0.05, 0) is 44.9 Å². The Morgan fingerprint density at radius 1 is 0.385 bits per heavy atom. The minimum absolute atomic E-state index is 0.0391. The van der Waals surface area contributed by atoms with E-state index < -0.39 is 18.2 Å². The molecule has 4 N–H and O–H groups in total. The molecule has 0 saturated carbocycles. The molecule has 0 radical (unpaired) electrons. The van der Waals surface area contributed by atoms with Crippen molar-refractivity contribution in [3.05, 3.63) is 24.3 Å². The lowest BCUT2D eigenvalue weighted by molar-refractivity contribution is -0.125. The molecule has 0 fully saturated rings. The SMILES string of the molecule is CCCCCCCCCCCCCCCCC/C=C\C/C=C\CCCCCCCCCCCCCCCCCC(O)CC(=O)NC(CO)C(O)CCCCCCCCCCCCCCC. The Kier molecular flexibility index (Phi) is 54.4. The summed E-state index contributed by atoms with van der Waals surface area (Å²) in [5, 5.41) is 33.5. The van der Waals surface area contributed by atoms with E-state index in [2.05, 4.69) is 43.5 Å². The first-order chi connectivity index (χ1) is 32.0. The average Bonchev–Trinajstić information content (AvgIpc) is 3.30. The number of carbonyl (C=O) groups is 1. The van der Waals surface area contributed by atoms with Gasteiger partial charge < -0.3 is 20.6 Å². The van der Waals surface area contributed by atoms with Crippen LogP contribution in [0.4, 0.5) is 0 Å². The molecule has 0 aromatic rings. The van der Waals surface area contributed by atoms with E-state index in [4.69, 9.17) is 0 Å². The molecule has 3 atom stereocenters. The number of hydrogen-bond donors (Lipinski definition) is 4. The molecule has 5 heteroatoms. The van der Waals surface area contributed by atoms with Crippen LogP contribution in [-0.2, 0) is 4.79 Å². The molecule has 0 aromatic heterocycles. The van der Waals surface area contributed by atoms with Crippen LogP contribution in [0, 0.1) is 0 Å². The Morgan fingerprint density at radius 2 is 0.662 bits per heavy atom. The number of allylic oxidation sites excluding steroid dienone is 4. The molecule has 5 nitrogen and oxygen atoms in total. The molecule has 0 heterocycles. The van der Waals surface area contributed by atoms with Gasteiger partial charge in [0.15, 0.2) is 0 Å². The van der Waals surface area contributed by atoms with E-state index in [-0.39, 0.29) is 18.9 Å². The fraction of sp³-hybridized carbons (Fsp3) is 0.917. The second-order valence-electron chi connectivity index (χ2n) is 20.6. The third kappa shape index (κ3) is 52.1. The van der Waals surface area contributed by atoms with Crippen molar-refractivity contribution in [2.24, 2.45) is 0 Å². The molecular weight excluding hydrogens is 799 g/mol. The maximum Gasteiger partial charge on any atom is 0.222 e. The molecule has 0 aliphatic carbocycles. The zero-order chi connectivity index (χ0) is 47.2. The Bertz CT molecular complexity index is 967. The van der Waals surface area contributed by atoms with Crippen molar-refractivity contribution < 1.29 is 20.1 Å². The van der Waals surface area contributed by atoms with E-state index in [1.807, 2.05) is 0 Å². The predicted octanol–water partition coefficient (Wildman–Crippen LogP) is 18.5. The van der Waals surface area contributed by atoms with Crippen molar-refractivity contribution in [2.45, 2.75) is 347 Å². The summed E-state index contributed by atoms with van der Waals surface area (Å²) in [5.41, 5.74) is 0. The maximum atomic E-state index is 12.5. The molecule has 386 valence electrons. The monoisotopic (exact) mass is 916 g/mol. The molecule has 0 aliphatic rings. The first kappa shape index (κ1) is 63.8. The largest absolute Gasteiger partial charge is 0.394 e. The number of rotatable bonds is 55. The molecular formula is C60H117NO4. The van der Waals surface area contributed by atoms with Crippen molar-refractivity contribution in [3.8, 4) is 0 Å². The summed E-state index contributed by atoms with van der Waals surface area (Å²) in [5.74, 6) is -0.279. The van der Waals surface area contributed by atoms with Crippen LogP contribution in [0.3, 0.4) is 0 Å². The van der Waals surface area contributed by atoms with Gasteiger partial charge in [0.1, 0.15) is 0 Å². The van der Waals surface area contributed by atoms with Crippen molar-refractivity contribution in [3.63, 3.8) is 0 Å². The predicted molar refractivity (Wildman–Crippen MR) is 287 cm³/mol. The van der Waals surface area contributed by atoms with E-state index in [1.54, 1.807) is 0 Å². The smallest absolute Gasteiger partial charge is 0.222 e. The summed E-state index contributed by atoms with van der Waals surface area (Å²) in [7, 11) is 0. The summed E-state index contributed by atoms with van der Waals surface area (Å²) in [6, 6.07) is -0.656. The standard InChI is InChI=1S/C60H117NO4/c1-3-5-7-9-11-13-15-17-18-19-20-21-22-23-24-25-26-27-28-29-30-31-32-33-34-35-36-37-38-39-40-42-43-45-47-49-51-53-57(63)55-60(65)61-58(56-62)59(64)54-52-50-48-46-44-41-16-14-12-10-8-6-4-2/h26-27,29-30,57-59,62-64H,3-25,28,31-56H2,1-2H3,(H,61,65)/b27-26-,30-29-. The molecule has 0 bridgehead atoms. The fourth-order valence-corrected chi connectivity index (χ4v) is 9.50. The maximum absolute atomic E-state index is 12.5. The van der Waals surface area contributed by atoms with Crippen LogP contribution in [0.5, 0.6) is 0 Å². The van der Waals surface area contributed by atoms with E-state index in [0.29, 0.717) is 12.8 Å². The second-order valence-corrected chi connectivity index (χ2v) is 20.6. The zero-order valence-electron chi connectivity index (χ0n) is 44.1. The average molecular weight is 917 g/mol. The van der Waals surface area contributed by atoms with Crippen molar-refractivity contribution in [1.29, 1.82) is 0 Å². The Balaban J connectivity index is 3.45. The molecule has 0 spiro atoms. The molecule has 1 amide bonds. The minimum Gasteiger partial charge on any atom is -0.394 e. The second kappa shape index (κ2) is 55.4. The van der Waals surface area contributed by atoms with Gasteiger partial charge in [-0.2, -0.15) is 0 Å². The first-order valence-corrected chi connectivity index (χ1v) is 29.6. The van der Waals surface area contributed by atoms with Crippen LogP contribution in [0.1, 0.15) is 328 Å². The molecule has 65 heavy (non-hydrogen) atoms. The van der Waals surface area contributed by atoms with Crippen molar-refractivity contribution >= 4 is 5.91 Å². The third-order valence-electron chi connectivity index (χ3n) is 14.0. The van der Waals surface area contributed by atoms with Crippen LogP contribution in [0.25, 0.3) is 0 Å². The number of aliphatic hydroxyl groups excluding tert-OH is 3. The summed E-state index contributed by atoms with van der Waals surface area (Å²) in [6.45, 7) is 4.29. The summed E-state index contributed by atoms with van der Waals surface area (Å²) >= 11 is 0. The number of amides is 1. The highest BCUT2D eigenvalue weighted by Crippen LogP contribution is 2.18. The van der Waals surface area contributed by atoms with Gasteiger partial charge in [0, 0.05) is 0 Å². The summed E-state index contributed by atoms with van der Waals surface area (Å²) < 4.78 is 0. The highest BCUT2D eigenvalue weighted by atomic mass is 16.3. The van der Waals surface area contributed by atoms with Gasteiger partial charge in [-0.3, -0.25) is 4.79 Å². The Morgan fingerprint density at radius 3 is 0.969 bits per heavy atom. The lowest BCUT2D eigenvalue weighted by Gasteiger charge is -2.23. The van der Waals surface area contributed by atoms with E-state index >= 15 is 0 Å². The number of carbonyl (C=O) groups excluding carboxylic acids is 1. The lowest BCUT2D eigenvalue weighted by Crippen LogP contribution is -2.46. The van der Waals surface area contributed by atoms with Crippen LogP contribution >= 0.6 is 0 Å². The van der Waals surface area contributed by atoms with Crippen LogP contribution < -0.4 is 5.32 Å². The van der Waals surface area contributed by atoms with E-state index in [0.717, 1.165) is 32.1 Å². The zero-order valence-corrected chi connectivity index (χ0v) is 44.1. The van der Waals surface area contributed by atoms with Crippen molar-refractivity contribution in [2.75, 3.05) is 6.61 Å². The molecule has 0 aromatic carbocycles. The normalized spacial score (nSPS) is 13.4. The van der Waals surface area contributed by atoms with Crippen molar-refractivity contribution in [1.82, 2.24) is 5.32 Å². The molecule has 3 unspecified atom stereocenters. The first-order valence-electron chi connectivity index (χ1n) is 29.6. The molecule has 0 saturated heterocycles. The summed E-state index contributed by atoms with van der Waals surface area (Å²) in [6.07, 6.45) is 70.8. The van der Waals surface area contributed by atoms with Gasteiger partial charge in [-0.1, -0.05) is 301 Å². The molecule has 0 aliphatic heterocycles. The number of aliphatic hydroxyl groups is 3. The third-order valence-corrected chi connectivity index (χ3v) is 14.0. The van der Waals surface area contributed by atoms with Crippen LogP contribution in [-0.4, -0.2) is 46.1 Å². The van der Waals surface area contributed by atoms with E-state index in [9.17, 15) is 20.1 Å². The van der Waals surface area contributed by atoms with Gasteiger partial charge >= 0.3 is 0 Å². The number of nitrogens with one attached hydrogen (secondary N) is 1.